The van der Waals surface area contributed by atoms with Gasteiger partial charge in [0.2, 0.25) is 10.0 Å². The molecule has 0 atom stereocenters. The Kier molecular flexibility index (Phi) is 8.19. The molecule has 0 radical (unpaired) electrons. The maximum atomic E-state index is 12.8. The largest absolute Gasteiger partial charge is 0.435 e. The second-order valence-corrected chi connectivity index (χ2v) is 7.68. The van der Waals surface area contributed by atoms with Crippen molar-refractivity contribution in [3.63, 3.8) is 0 Å². The standard InChI is InChI=1S/C15H15F3N2.C4H9NO2S/c1-4-11(3)20-13(9-14(19-20)15(16,17)18)12-7-5-10(2)6-8-12;1-2-3-4-8(5,6)7/h4-9H,1-3H3;2-3H,4H2,1H3,(H2,5,6,7)/b11-4+;3-2-. The van der Waals surface area contributed by atoms with Gasteiger partial charge in [-0.1, -0.05) is 48.1 Å². The number of allylic oxidation sites excluding steroid dienone is 3. The van der Waals surface area contributed by atoms with Crippen molar-refractivity contribution in [2.24, 2.45) is 5.14 Å². The zero-order valence-electron chi connectivity index (χ0n) is 16.2. The van der Waals surface area contributed by atoms with Gasteiger partial charge in [0, 0.05) is 11.3 Å². The highest BCUT2D eigenvalue weighted by Crippen LogP contribution is 2.33. The van der Waals surface area contributed by atoms with Gasteiger partial charge in [0.15, 0.2) is 5.69 Å². The summed E-state index contributed by atoms with van der Waals surface area (Å²) < 4.78 is 60.1. The number of alkyl halides is 3. The molecule has 2 rings (SSSR count). The molecule has 5 nitrogen and oxygen atoms in total. The predicted octanol–water partition coefficient (Wildman–Crippen LogP) is 4.61. The number of rotatable bonds is 4. The Hall–Kier alpha value is -2.39. The number of primary sulfonamides is 1. The van der Waals surface area contributed by atoms with E-state index in [9.17, 15) is 21.6 Å². The van der Waals surface area contributed by atoms with Crippen LogP contribution < -0.4 is 5.14 Å². The third kappa shape index (κ3) is 7.32. The average molecular weight is 415 g/mol. The van der Waals surface area contributed by atoms with Crippen LogP contribution in [0.25, 0.3) is 17.0 Å². The molecule has 0 spiro atoms. The van der Waals surface area contributed by atoms with Crippen LogP contribution in [-0.2, 0) is 16.2 Å². The monoisotopic (exact) mass is 415 g/mol. The van der Waals surface area contributed by atoms with Crippen molar-refractivity contribution < 1.29 is 21.6 Å². The zero-order valence-corrected chi connectivity index (χ0v) is 17.0. The lowest BCUT2D eigenvalue weighted by Crippen LogP contribution is -2.14. The van der Waals surface area contributed by atoms with Crippen molar-refractivity contribution in [3.05, 3.63) is 59.8 Å². The summed E-state index contributed by atoms with van der Waals surface area (Å²) in [6.07, 6.45) is 0.420. The summed E-state index contributed by atoms with van der Waals surface area (Å²) in [7, 11) is -3.27. The van der Waals surface area contributed by atoms with Crippen LogP contribution in [-0.4, -0.2) is 24.0 Å². The average Bonchev–Trinajstić information content (AvgIpc) is 3.05. The molecule has 1 heterocycles. The van der Waals surface area contributed by atoms with Crippen molar-refractivity contribution >= 4 is 15.7 Å². The van der Waals surface area contributed by atoms with Crippen LogP contribution in [0.1, 0.15) is 32.0 Å². The second kappa shape index (κ2) is 9.70. The minimum absolute atomic E-state index is 0.0660. The fourth-order valence-electron chi connectivity index (χ4n) is 2.07. The molecule has 28 heavy (non-hydrogen) atoms. The number of hydrogen-bond donors (Lipinski definition) is 1. The van der Waals surface area contributed by atoms with Gasteiger partial charge in [-0.05, 0) is 33.8 Å². The van der Waals surface area contributed by atoms with Gasteiger partial charge >= 0.3 is 6.18 Å². The van der Waals surface area contributed by atoms with Gasteiger partial charge in [0.05, 0.1) is 11.4 Å². The van der Waals surface area contributed by atoms with E-state index in [1.165, 1.54) is 10.8 Å². The summed E-state index contributed by atoms with van der Waals surface area (Å²) in [5, 5.41) is 8.32. The Morgan fingerprint density at radius 3 is 2.18 bits per heavy atom. The molecule has 0 saturated heterocycles. The van der Waals surface area contributed by atoms with E-state index in [0.29, 0.717) is 17.0 Å². The molecule has 0 aliphatic carbocycles. The number of aryl methyl sites for hydroxylation is 1. The predicted molar refractivity (Wildman–Crippen MR) is 106 cm³/mol. The molecular formula is C19H24F3N3O2S. The first kappa shape index (κ1) is 23.6. The molecule has 2 aromatic rings. The fraction of sp³-hybridized carbons (Fsp3) is 0.316. The second-order valence-electron chi connectivity index (χ2n) is 6.02. The van der Waals surface area contributed by atoms with E-state index in [1.807, 2.05) is 19.1 Å². The Morgan fingerprint density at radius 1 is 1.21 bits per heavy atom. The van der Waals surface area contributed by atoms with E-state index in [-0.39, 0.29) is 5.75 Å². The number of nitrogens with zero attached hydrogens (tertiary/aromatic N) is 2. The third-order valence-electron chi connectivity index (χ3n) is 3.66. The van der Waals surface area contributed by atoms with Gasteiger partial charge in [-0.3, -0.25) is 0 Å². The van der Waals surface area contributed by atoms with E-state index in [0.717, 1.165) is 11.6 Å². The highest BCUT2D eigenvalue weighted by molar-refractivity contribution is 7.89. The Labute approximate surface area is 163 Å². The van der Waals surface area contributed by atoms with Crippen LogP contribution in [0.4, 0.5) is 13.2 Å². The van der Waals surface area contributed by atoms with Crippen molar-refractivity contribution in [1.82, 2.24) is 9.78 Å². The van der Waals surface area contributed by atoms with Crippen LogP contribution in [0.15, 0.2) is 48.6 Å². The molecular weight excluding hydrogens is 391 g/mol. The lowest BCUT2D eigenvalue weighted by atomic mass is 10.1. The summed E-state index contributed by atoms with van der Waals surface area (Å²) in [6, 6.07) is 8.41. The third-order valence-corrected chi connectivity index (χ3v) is 4.32. The lowest BCUT2D eigenvalue weighted by molar-refractivity contribution is -0.141. The molecule has 0 amide bonds. The van der Waals surface area contributed by atoms with Crippen molar-refractivity contribution in [3.8, 4) is 11.3 Å². The van der Waals surface area contributed by atoms with Gasteiger partial charge in [0.1, 0.15) is 0 Å². The number of nitrogens with two attached hydrogens (primary N) is 1. The molecule has 0 aliphatic rings. The summed E-state index contributed by atoms with van der Waals surface area (Å²) in [5.74, 6) is -0.0660. The number of aromatic nitrogens is 2. The number of benzene rings is 1. The van der Waals surface area contributed by atoms with E-state index in [2.05, 4.69) is 10.2 Å². The molecule has 1 aromatic heterocycles. The van der Waals surface area contributed by atoms with E-state index in [4.69, 9.17) is 0 Å². The van der Waals surface area contributed by atoms with Gasteiger partial charge in [-0.15, -0.1) is 0 Å². The number of hydrogen-bond acceptors (Lipinski definition) is 3. The molecule has 2 N–H and O–H groups in total. The molecule has 0 saturated carbocycles. The summed E-state index contributed by atoms with van der Waals surface area (Å²) >= 11 is 0. The molecule has 0 unspecified atom stereocenters. The van der Waals surface area contributed by atoms with Crippen molar-refractivity contribution in [1.29, 1.82) is 0 Å². The van der Waals surface area contributed by atoms with E-state index >= 15 is 0 Å². The van der Waals surface area contributed by atoms with E-state index < -0.39 is 21.9 Å². The van der Waals surface area contributed by atoms with Gasteiger partial charge < -0.3 is 0 Å². The highest BCUT2D eigenvalue weighted by atomic mass is 32.2. The molecule has 0 fully saturated rings. The van der Waals surface area contributed by atoms with Crippen LogP contribution >= 0.6 is 0 Å². The summed E-state index contributed by atoms with van der Waals surface area (Å²) in [5.41, 5.74) is 1.97. The first-order valence-electron chi connectivity index (χ1n) is 8.38. The normalized spacial score (nSPS) is 12.8. The number of sulfonamides is 1. The van der Waals surface area contributed by atoms with Crippen LogP contribution in [0.3, 0.4) is 0 Å². The summed E-state index contributed by atoms with van der Waals surface area (Å²) in [6.45, 7) is 7.17. The Bertz CT molecular complexity index is 942. The highest BCUT2D eigenvalue weighted by Gasteiger charge is 2.35. The molecule has 9 heteroatoms. The van der Waals surface area contributed by atoms with Crippen LogP contribution in [0.2, 0.25) is 0 Å². The smallest absolute Gasteiger partial charge is 0.237 e. The maximum absolute atomic E-state index is 12.8. The molecule has 0 aliphatic heterocycles. The summed E-state index contributed by atoms with van der Waals surface area (Å²) in [4.78, 5) is 0. The Balaban J connectivity index is 0.000000416. The van der Waals surface area contributed by atoms with Gasteiger partial charge in [0.25, 0.3) is 0 Å². The number of halogens is 3. The van der Waals surface area contributed by atoms with E-state index in [1.54, 1.807) is 45.1 Å². The first-order chi connectivity index (χ1) is 12.9. The van der Waals surface area contributed by atoms with Crippen molar-refractivity contribution in [2.75, 3.05) is 5.75 Å². The SMILES string of the molecule is C/C=C(\C)n1nc(C(F)(F)F)cc1-c1ccc(C)cc1.C/C=C\CS(N)(=O)=O. The zero-order chi connectivity index (χ0) is 21.5. The molecule has 154 valence electrons. The van der Waals surface area contributed by atoms with Crippen LogP contribution in [0.5, 0.6) is 0 Å². The fourth-order valence-corrected chi connectivity index (χ4v) is 2.53. The van der Waals surface area contributed by atoms with Crippen LogP contribution in [0, 0.1) is 6.92 Å². The lowest BCUT2D eigenvalue weighted by Gasteiger charge is -2.07. The minimum atomic E-state index is -4.45. The van der Waals surface area contributed by atoms with Gasteiger partial charge in [-0.2, -0.15) is 18.3 Å². The first-order valence-corrected chi connectivity index (χ1v) is 10.1. The molecule has 1 aromatic carbocycles. The maximum Gasteiger partial charge on any atom is 0.435 e. The topological polar surface area (TPSA) is 78.0 Å². The quantitative estimate of drug-likeness (QED) is 0.741. The minimum Gasteiger partial charge on any atom is -0.237 e. The Morgan fingerprint density at radius 2 is 1.79 bits per heavy atom. The van der Waals surface area contributed by atoms with Crippen molar-refractivity contribution in [2.45, 2.75) is 33.9 Å². The molecule has 0 bridgehead atoms. The van der Waals surface area contributed by atoms with Gasteiger partial charge in [-0.25, -0.2) is 18.2 Å².